The lowest BCUT2D eigenvalue weighted by atomic mass is 9.81. The van der Waals surface area contributed by atoms with Gasteiger partial charge < -0.3 is 10.5 Å². The molecule has 1 unspecified atom stereocenters. The van der Waals surface area contributed by atoms with Gasteiger partial charge in [0.2, 0.25) is 0 Å². The lowest BCUT2D eigenvalue weighted by Crippen LogP contribution is -2.41. The summed E-state index contributed by atoms with van der Waals surface area (Å²) in [5.74, 6) is -0.919. The molecule has 152 valence electrons. The Morgan fingerprint density at radius 3 is 2.33 bits per heavy atom. The molecule has 0 saturated carbocycles. The van der Waals surface area contributed by atoms with E-state index >= 15 is 0 Å². The molecule has 6 nitrogen and oxygen atoms in total. The van der Waals surface area contributed by atoms with Crippen molar-refractivity contribution in [3.63, 3.8) is 0 Å². The maximum absolute atomic E-state index is 14.6. The number of aliphatic imine (C=N–C) groups is 1. The number of methoxy groups -OCH3 is 1. The van der Waals surface area contributed by atoms with Crippen molar-refractivity contribution in [2.75, 3.05) is 14.2 Å². The summed E-state index contributed by atoms with van der Waals surface area (Å²) in [5.41, 5.74) is 5.74. The third-order valence-electron chi connectivity index (χ3n) is 5.15. The minimum absolute atomic E-state index is 0.0362. The van der Waals surface area contributed by atoms with Crippen LogP contribution in [0.5, 0.6) is 5.75 Å². The van der Waals surface area contributed by atoms with Crippen molar-refractivity contribution in [2.45, 2.75) is 5.54 Å². The predicted octanol–water partition coefficient (Wildman–Crippen LogP) is 3.07. The number of likely N-dealkylation sites (N-methyl/N-ethyl adjacent to an activating group) is 1. The van der Waals surface area contributed by atoms with Gasteiger partial charge in [-0.05, 0) is 41.5 Å². The van der Waals surface area contributed by atoms with Gasteiger partial charge in [0.25, 0.3) is 5.91 Å². The summed E-state index contributed by atoms with van der Waals surface area (Å²) in [4.78, 5) is 22.8. The van der Waals surface area contributed by atoms with Gasteiger partial charge in [0.1, 0.15) is 17.4 Å². The van der Waals surface area contributed by atoms with E-state index in [0.29, 0.717) is 16.9 Å². The van der Waals surface area contributed by atoms with Crippen molar-refractivity contribution in [2.24, 2.45) is 10.7 Å². The fourth-order valence-corrected chi connectivity index (χ4v) is 3.55. The number of hydrogen-bond acceptors (Lipinski definition) is 5. The molecular formula is C22H18F2N4O2. The van der Waals surface area contributed by atoms with Gasteiger partial charge in [0, 0.05) is 24.4 Å². The average Bonchev–Trinajstić information content (AvgIpc) is 2.99. The van der Waals surface area contributed by atoms with E-state index in [1.54, 1.807) is 24.3 Å². The van der Waals surface area contributed by atoms with Crippen LogP contribution in [0.2, 0.25) is 0 Å². The lowest BCUT2D eigenvalue weighted by Gasteiger charge is -2.27. The molecule has 0 fully saturated rings. The van der Waals surface area contributed by atoms with Crippen molar-refractivity contribution >= 4 is 11.9 Å². The number of carbonyl (C=O) groups is 1. The quantitative estimate of drug-likeness (QED) is 0.720. The molecule has 1 aliphatic rings. The number of benzene rings is 2. The molecule has 3 aromatic rings. The number of amides is 1. The van der Waals surface area contributed by atoms with Crippen LogP contribution in [0.15, 0.2) is 65.9 Å². The highest BCUT2D eigenvalue weighted by Crippen LogP contribution is 2.41. The standard InChI is InChI=1S/C22H18F2N4O2/c1-28-20(29)22(27-21(28)25,14-3-6-17(30-2)7-4-14)15-5-8-19(24)18(10-15)13-9-16(23)12-26-11-13/h3-12H,1-2H3,(H2,25,27). The third-order valence-corrected chi connectivity index (χ3v) is 5.15. The number of halogens is 2. The number of ether oxygens (including phenoxy) is 1. The number of hydrogen-bond donors (Lipinski definition) is 1. The number of pyridine rings is 1. The van der Waals surface area contributed by atoms with Crippen LogP contribution in [0.4, 0.5) is 8.78 Å². The largest absolute Gasteiger partial charge is 0.497 e. The number of guanidine groups is 1. The molecular weight excluding hydrogens is 390 g/mol. The van der Waals surface area contributed by atoms with Crippen LogP contribution in [0.25, 0.3) is 11.1 Å². The van der Waals surface area contributed by atoms with E-state index in [0.717, 1.165) is 6.20 Å². The van der Waals surface area contributed by atoms with Gasteiger partial charge in [0.05, 0.1) is 13.3 Å². The maximum Gasteiger partial charge on any atom is 0.266 e. The number of nitrogens with two attached hydrogens (primary N) is 1. The van der Waals surface area contributed by atoms with Crippen molar-refractivity contribution in [3.05, 3.63) is 83.7 Å². The molecule has 0 spiro atoms. The summed E-state index contributed by atoms with van der Waals surface area (Å²) in [6.07, 6.45) is 2.39. The number of rotatable bonds is 4. The van der Waals surface area contributed by atoms with E-state index in [2.05, 4.69) is 9.98 Å². The molecule has 30 heavy (non-hydrogen) atoms. The molecule has 2 N–H and O–H groups in total. The summed E-state index contributed by atoms with van der Waals surface area (Å²) in [6, 6.07) is 12.2. The van der Waals surface area contributed by atoms with E-state index in [1.807, 2.05) is 0 Å². The monoisotopic (exact) mass is 408 g/mol. The molecule has 1 aliphatic heterocycles. The first-order chi connectivity index (χ1) is 14.4. The zero-order chi connectivity index (χ0) is 21.5. The van der Waals surface area contributed by atoms with Crippen molar-refractivity contribution in [1.82, 2.24) is 9.88 Å². The summed E-state index contributed by atoms with van der Waals surface area (Å²) in [5, 5.41) is 0. The second kappa shape index (κ2) is 7.22. The lowest BCUT2D eigenvalue weighted by molar-refractivity contribution is -0.129. The van der Waals surface area contributed by atoms with Crippen LogP contribution >= 0.6 is 0 Å². The highest BCUT2D eigenvalue weighted by molar-refractivity contribution is 6.09. The van der Waals surface area contributed by atoms with Crippen molar-refractivity contribution < 1.29 is 18.3 Å². The maximum atomic E-state index is 14.6. The Labute approximate surface area is 171 Å². The minimum Gasteiger partial charge on any atom is -0.497 e. The van der Waals surface area contributed by atoms with Gasteiger partial charge in [-0.25, -0.2) is 13.8 Å². The van der Waals surface area contributed by atoms with E-state index in [9.17, 15) is 13.6 Å². The molecule has 2 aromatic carbocycles. The molecule has 8 heteroatoms. The predicted molar refractivity (Wildman–Crippen MR) is 108 cm³/mol. The summed E-state index contributed by atoms with van der Waals surface area (Å²) >= 11 is 0. The first kappa shape index (κ1) is 19.5. The molecule has 1 aromatic heterocycles. The third kappa shape index (κ3) is 2.97. The smallest absolute Gasteiger partial charge is 0.266 e. The normalized spacial score (nSPS) is 18.5. The molecule has 0 radical (unpaired) electrons. The van der Waals surface area contributed by atoms with Crippen LogP contribution in [-0.4, -0.2) is 35.9 Å². The molecule has 2 heterocycles. The fraction of sp³-hybridized carbons (Fsp3) is 0.136. The molecule has 1 atom stereocenters. The second-order valence-electron chi connectivity index (χ2n) is 6.86. The summed E-state index contributed by atoms with van der Waals surface area (Å²) in [7, 11) is 3.06. The van der Waals surface area contributed by atoms with Gasteiger partial charge in [-0.1, -0.05) is 18.2 Å². The zero-order valence-corrected chi connectivity index (χ0v) is 16.3. The second-order valence-corrected chi connectivity index (χ2v) is 6.86. The zero-order valence-electron chi connectivity index (χ0n) is 16.3. The van der Waals surface area contributed by atoms with Crippen LogP contribution in [-0.2, 0) is 10.3 Å². The summed E-state index contributed by atoms with van der Waals surface area (Å²) in [6.45, 7) is 0. The number of nitrogens with zero attached hydrogens (tertiary/aromatic N) is 3. The Morgan fingerprint density at radius 1 is 1.03 bits per heavy atom. The van der Waals surface area contributed by atoms with Gasteiger partial charge in [-0.3, -0.25) is 14.7 Å². The SMILES string of the molecule is COc1ccc(C2(c3ccc(F)c(-c4cncc(F)c4)c3)N=C(N)N(C)C2=O)cc1. The Hall–Kier alpha value is -3.81. The average molecular weight is 408 g/mol. The van der Waals surface area contributed by atoms with E-state index in [1.165, 1.54) is 49.5 Å². The van der Waals surface area contributed by atoms with E-state index in [4.69, 9.17) is 10.5 Å². The van der Waals surface area contributed by atoms with Gasteiger partial charge in [-0.15, -0.1) is 0 Å². The Balaban J connectivity index is 1.95. The first-order valence-corrected chi connectivity index (χ1v) is 9.06. The van der Waals surface area contributed by atoms with Crippen LogP contribution in [0.3, 0.4) is 0 Å². The van der Waals surface area contributed by atoms with Crippen LogP contribution in [0.1, 0.15) is 11.1 Å². The Kier molecular flexibility index (Phi) is 4.69. The van der Waals surface area contributed by atoms with E-state index in [-0.39, 0.29) is 23.0 Å². The van der Waals surface area contributed by atoms with Crippen LogP contribution in [0, 0.1) is 11.6 Å². The minimum atomic E-state index is -1.51. The first-order valence-electron chi connectivity index (χ1n) is 9.06. The molecule has 1 amide bonds. The topological polar surface area (TPSA) is 80.8 Å². The van der Waals surface area contributed by atoms with E-state index < -0.39 is 17.2 Å². The number of carbonyl (C=O) groups excluding carboxylic acids is 1. The molecule has 0 saturated heterocycles. The Bertz CT molecular complexity index is 1160. The fourth-order valence-electron chi connectivity index (χ4n) is 3.55. The molecule has 0 aliphatic carbocycles. The highest BCUT2D eigenvalue weighted by atomic mass is 19.1. The Morgan fingerprint density at radius 2 is 1.73 bits per heavy atom. The number of aromatic nitrogens is 1. The van der Waals surface area contributed by atoms with Crippen molar-refractivity contribution in [3.8, 4) is 16.9 Å². The van der Waals surface area contributed by atoms with Crippen molar-refractivity contribution in [1.29, 1.82) is 0 Å². The van der Waals surface area contributed by atoms with Crippen LogP contribution < -0.4 is 10.5 Å². The van der Waals surface area contributed by atoms with Gasteiger partial charge in [0.15, 0.2) is 11.5 Å². The highest BCUT2D eigenvalue weighted by Gasteiger charge is 2.49. The van der Waals surface area contributed by atoms with Gasteiger partial charge in [-0.2, -0.15) is 0 Å². The summed E-state index contributed by atoms with van der Waals surface area (Å²) < 4.78 is 33.5. The molecule has 0 bridgehead atoms. The van der Waals surface area contributed by atoms with Gasteiger partial charge >= 0.3 is 0 Å². The molecule has 4 rings (SSSR count).